The Morgan fingerprint density at radius 2 is 1.95 bits per heavy atom. The van der Waals surface area contributed by atoms with Gasteiger partial charge in [0.1, 0.15) is 6.54 Å². The van der Waals surface area contributed by atoms with Crippen molar-refractivity contribution < 1.29 is 9.21 Å². The number of carbonyl (C=O) groups is 1. The highest BCUT2D eigenvalue weighted by molar-refractivity contribution is 5.79. The van der Waals surface area contributed by atoms with Gasteiger partial charge >= 0.3 is 5.76 Å². The van der Waals surface area contributed by atoms with Crippen LogP contribution in [0.15, 0.2) is 33.5 Å². The van der Waals surface area contributed by atoms with E-state index in [9.17, 15) is 9.59 Å². The molecule has 0 unspecified atom stereocenters. The Labute approximate surface area is 130 Å². The predicted molar refractivity (Wildman–Crippen MR) is 86.8 cm³/mol. The van der Waals surface area contributed by atoms with E-state index in [1.165, 1.54) is 4.57 Å². The molecule has 0 aliphatic rings. The Morgan fingerprint density at radius 1 is 1.23 bits per heavy atom. The molecule has 120 valence electrons. The summed E-state index contributed by atoms with van der Waals surface area (Å²) in [6, 6.07) is 7.23. The third kappa shape index (κ3) is 4.23. The highest BCUT2D eigenvalue weighted by Gasteiger charge is 2.13. The highest BCUT2D eigenvalue weighted by Crippen LogP contribution is 2.12. The van der Waals surface area contributed by atoms with E-state index in [-0.39, 0.29) is 18.5 Å². The van der Waals surface area contributed by atoms with E-state index >= 15 is 0 Å². The van der Waals surface area contributed by atoms with Crippen molar-refractivity contribution >= 4 is 17.0 Å². The minimum Gasteiger partial charge on any atom is -0.408 e. The summed E-state index contributed by atoms with van der Waals surface area (Å²) in [5.74, 6) is 0.0216. The second-order valence-electron chi connectivity index (χ2n) is 6.22. The third-order valence-corrected chi connectivity index (χ3v) is 3.70. The molecule has 0 radical (unpaired) electrons. The summed E-state index contributed by atoms with van der Waals surface area (Å²) in [5, 5.41) is 2.94. The second-order valence-corrected chi connectivity index (χ2v) is 6.22. The van der Waals surface area contributed by atoms with Gasteiger partial charge in [0.2, 0.25) is 5.91 Å². The topological polar surface area (TPSA) is 64.2 Å². The molecule has 0 saturated carbocycles. The summed E-state index contributed by atoms with van der Waals surface area (Å²) >= 11 is 0. The number of aromatic nitrogens is 1. The molecule has 0 aliphatic carbocycles. The molecule has 1 atom stereocenters. The molecule has 1 N–H and O–H groups in total. The monoisotopic (exact) mass is 304 g/mol. The molecule has 0 saturated heterocycles. The number of para-hydroxylation sites is 2. The number of amides is 1. The molecule has 5 heteroatoms. The van der Waals surface area contributed by atoms with Crippen LogP contribution in [0.1, 0.15) is 40.0 Å². The molecule has 2 rings (SSSR count). The van der Waals surface area contributed by atoms with E-state index in [0.717, 1.165) is 19.3 Å². The Bertz CT molecular complexity index is 685. The van der Waals surface area contributed by atoms with Gasteiger partial charge in [-0.25, -0.2) is 4.79 Å². The number of nitrogens with one attached hydrogen (secondary N) is 1. The highest BCUT2D eigenvalue weighted by atomic mass is 16.4. The van der Waals surface area contributed by atoms with Crippen molar-refractivity contribution in [2.24, 2.45) is 5.92 Å². The zero-order valence-electron chi connectivity index (χ0n) is 13.5. The first kappa shape index (κ1) is 16.3. The molecule has 0 aliphatic heterocycles. The normalized spacial score (nSPS) is 12.7. The number of hydrogen-bond donors (Lipinski definition) is 1. The van der Waals surface area contributed by atoms with Crippen molar-refractivity contribution in [1.82, 2.24) is 9.88 Å². The van der Waals surface area contributed by atoms with Crippen LogP contribution in [0.3, 0.4) is 0 Å². The third-order valence-electron chi connectivity index (χ3n) is 3.70. The number of hydrogen-bond acceptors (Lipinski definition) is 3. The fourth-order valence-corrected chi connectivity index (χ4v) is 2.53. The largest absolute Gasteiger partial charge is 0.420 e. The zero-order chi connectivity index (χ0) is 16.1. The molecule has 5 nitrogen and oxygen atoms in total. The first-order valence-corrected chi connectivity index (χ1v) is 7.85. The van der Waals surface area contributed by atoms with Gasteiger partial charge in [-0.15, -0.1) is 0 Å². The zero-order valence-corrected chi connectivity index (χ0v) is 13.5. The van der Waals surface area contributed by atoms with Crippen molar-refractivity contribution in [1.29, 1.82) is 0 Å². The molecule has 0 fully saturated rings. The molecule has 0 spiro atoms. The Morgan fingerprint density at radius 3 is 2.68 bits per heavy atom. The van der Waals surface area contributed by atoms with Gasteiger partial charge in [-0.2, -0.15) is 0 Å². The van der Waals surface area contributed by atoms with E-state index in [1.807, 2.05) is 13.0 Å². The number of rotatable bonds is 7. The minimum absolute atomic E-state index is 0.00956. The maximum Gasteiger partial charge on any atom is 0.420 e. The van der Waals surface area contributed by atoms with Crippen LogP contribution in [0.4, 0.5) is 0 Å². The molecule has 1 amide bonds. The molecule has 1 aromatic carbocycles. The Balaban J connectivity index is 1.94. The van der Waals surface area contributed by atoms with Gasteiger partial charge in [-0.1, -0.05) is 38.8 Å². The first-order chi connectivity index (χ1) is 10.5. The van der Waals surface area contributed by atoms with Crippen LogP contribution in [0.25, 0.3) is 11.1 Å². The Kier molecular flexibility index (Phi) is 5.41. The first-order valence-electron chi connectivity index (χ1n) is 7.85. The summed E-state index contributed by atoms with van der Waals surface area (Å²) in [6.45, 7) is 6.37. The van der Waals surface area contributed by atoms with Gasteiger partial charge in [0.05, 0.1) is 5.52 Å². The lowest BCUT2D eigenvalue weighted by Crippen LogP contribution is -2.36. The van der Waals surface area contributed by atoms with Crippen LogP contribution < -0.4 is 11.1 Å². The molecule has 1 heterocycles. The minimum atomic E-state index is -0.496. The number of fused-ring (bicyclic) bond motifs is 1. The van der Waals surface area contributed by atoms with Crippen LogP contribution in [0.2, 0.25) is 0 Å². The average molecular weight is 304 g/mol. The fourth-order valence-electron chi connectivity index (χ4n) is 2.53. The maximum absolute atomic E-state index is 12.1. The maximum atomic E-state index is 12.1. The van der Waals surface area contributed by atoms with Gasteiger partial charge in [-0.3, -0.25) is 9.36 Å². The summed E-state index contributed by atoms with van der Waals surface area (Å²) in [6.07, 6.45) is 3.20. The van der Waals surface area contributed by atoms with Gasteiger partial charge in [-0.05, 0) is 31.4 Å². The van der Waals surface area contributed by atoms with Crippen LogP contribution in [0.5, 0.6) is 0 Å². The quantitative estimate of drug-likeness (QED) is 0.855. The lowest BCUT2D eigenvalue weighted by Gasteiger charge is -2.14. The van der Waals surface area contributed by atoms with Gasteiger partial charge in [0.15, 0.2) is 5.58 Å². The van der Waals surface area contributed by atoms with E-state index in [2.05, 4.69) is 19.2 Å². The lowest BCUT2D eigenvalue weighted by molar-refractivity contribution is -0.122. The Hall–Kier alpha value is -2.04. The van der Waals surface area contributed by atoms with Crippen LogP contribution >= 0.6 is 0 Å². The summed E-state index contributed by atoms with van der Waals surface area (Å²) < 4.78 is 6.49. The number of benzene rings is 1. The van der Waals surface area contributed by atoms with Crippen LogP contribution in [-0.4, -0.2) is 16.5 Å². The SMILES string of the molecule is CC(C)CCC[C@H](C)NC(=O)Cn1c(=O)oc2ccccc21. The lowest BCUT2D eigenvalue weighted by atomic mass is 10.0. The van der Waals surface area contributed by atoms with Gasteiger partial charge < -0.3 is 9.73 Å². The van der Waals surface area contributed by atoms with E-state index in [1.54, 1.807) is 18.2 Å². The second kappa shape index (κ2) is 7.29. The number of oxazole rings is 1. The summed E-state index contributed by atoms with van der Waals surface area (Å²) in [5.41, 5.74) is 1.15. The average Bonchev–Trinajstić information content (AvgIpc) is 2.74. The number of nitrogens with zero attached hydrogens (tertiary/aromatic N) is 1. The van der Waals surface area contributed by atoms with Crippen LogP contribution in [-0.2, 0) is 11.3 Å². The smallest absolute Gasteiger partial charge is 0.408 e. The van der Waals surface area contributed by atoms with Crippen molar-refractivity contribution in [2.45, 2.75) is 52.6 Å². The molecular formula is C17H24N2O3. The predicted octanol–water partition coefficient (Wildman–Crippen LogP) is 2.93. The molecule has 1 aromatic heterocycles. The molecule has 2 aromatic rings. The van der Waals surface area contributed by atoms with E-state index in [0.29, 0.717) is 17.0 Å². The van der Waals surface area contributed by atoms with Crippen LogP contribution in [0, 0.1) is 5.92 Å². The van der Waals surface area contributed by atoms with Crippen molar-refractivity contribution in [3.63, 3.8) is 0 Å². The van der Waals surface area contributed by atoms with Crippen molar-refractivity contribution in [2.75, 3.05) is 0 Å². The van der Waals surface area contributed by atoms with E-state index in [4.69, 9.17) is 4.42 Å². The fraction of sp³-hybridized carbons (Fsp3) is 0.529. The molecular weight excluding hydrogens is 280 g/mol. The van der Waals surface area contributed by atoms with Crippen molar-refractivity contribution in [3.05, 3.63) is 34.8 Å². The molecule has 22 heavy (non-hydrogen) atoms. The van der Waals surface area contributed by atoms with Gasteiger partial charge in [0.25, 0.3) is 0 Å². The standard InChI is InChI=1S/C17H24N2O3/c1-12(2)7-6-8-13(3)18-16(20)11-19-14-9-4-5-10-15(14)22-17(19)21/h4-5,9-10,12-13H,6-8,11H2,1-3H3,(H,18,20)/t13-/m0/s1. The summed E-state index contributed by atoms with van der Waals surface area (Å²) in [7, 11) is 0. The number of carbonyl (C=O) groups excluding carboxylic acids is 1. The van der Waals surface area contributed by atoms with Crippen molar-refractivity contribution in [3.8, 4) is 0 Å². The molecule has 0 bridgehead atoms. The van der Waals surface area contributed by atoms with Gasteiger partial charge in [0, 0.05) is 6.04 Å². The van der Waals surface area contributed by atoms with E-state index < -0.39 is 5.76 Å². The summed E-state index contributed by atoms with van der Waals surface area (Å²) in [4.78, 5) is 23.9.